The van der Waals surface area contributed by atoms with Crippen LogP contribution in [0.4, 0.5) is 0 Å². The summed E-state index contributed by atoms with van der Waals surface area (Å²) in [5.41, 5.74) is 1.68. The third-order valence-corrected chi connectivity index (χ3v) is 2.22. The van der Waals surface area contributed by atoms with Crippen LogP contribution in [0.3, 0.4) is 0 Å². The lowest BCUT2D eigenvalue weighted by atomic mass is 10.4. The third kappa shape index (κ3) is 1.18. The number of nitrogens with zero attached hydrogens (tertiary/aromatic N) is 4. The van der Waals surface area contributed by atoms with Crippen molar-refractivity contribution in [3.8, 4) is 0 Å². The standard InChI is InChI=1S/C8H9ClN4/c1-3-6-12-5(2)7-8(9)10-4-11-13(6)7/h4H,3H2,1-2H3. The van der Waals surface area contributed by atoms with Gasteiger partial charge in [0.1, 0.15) is 17.7 Å². The van der Waals surface area contributed by atoms with Gasteiger partial charge in [-0.2, -0.15) is 5.10 Å². The van der Waals surface area contributed by atoms with Crippen molar-refractivity contribution in [2.24, 2.45) is 0 Å². The summed E-state index contributed by atoms with van der Waals surface area (Å²) in [6.07, 6.45) is 2.28. The lowest BCUT2D eigenvalue weighted by molar-refractivity contribution is 0.811. The highest BCUT2D eigenvalue weighted by Gasteiger charge is 2.10. The molecule has 2 heterocycles. The average molecular weight is 197 g/mol. The second kappa shape index (κ2) is 2.96. The molecule has 0 amide bonds. The fraction of sp³-hybridized carbons (Fsp3) is 0.375. The van der Waals surface area contributed by atoms with Crippen molar-refractivity contribution in [1.82, 2.24) is 19.6 Å². The van der Waals surface area contributed by atoms with E-state index in [1.165, 1.54) is 6.33 Å². The van der Waals surface area contributed by atoms with Crippen LogP contribution in [0, 0.1) is 6.92 Å². The highest BCUT2D eigenvalue weighted by Crippen LogP contribution is 2.17. The highest BCUT2D eigenvalue weighted by molar-refractivity contribution is 6.32. The minimum absolute atomic E-state index is 0.458. The summed E-state index contributed by atoms with van der Waals surface area (Å²) in [6, 6.07) is 0. The molecule has 0 bridgehead atoms. The van der Waals surface area contributed by atoms with Gasteiger partial charge < -0.3 is 0 Å². The van der Waals surface area contributed by atoms with Gasteiger partial charge in [0.25, 0.3) is 0 Å². The topological polar surface area (TPSA) is 43.1 Å². The Bertz CT molecular complexity index is 449. The predicted octanol–water partition coefficient (Wildman–Crippen LogP) is 1.65. The Kier molecular flexibility index (Phi) is 1.92. The monoisotopic (exact) mass is 196 g/mol. The van der Waals surface area contributed by atoms with E-state index in [1.54, 1.807) is 4.52 Å². The molecule has 0 spiro atoms. The summed E-state index contributed by atoms with van der Waals surface area (Å²) in [5, 5.41) is 4.55. The molecule has 0 aliphatic heterocycles. The second-order valence-electron chi connectivity index (χ2n) is 2.78. The van der Waals surface area contributed by atoms with Crippen LogP contribution in [0.1, 0.15) is 18.4 Å². The zero-order valence-electron chi connectivity index (χ0n) is 7.45. The van der Waals surface area contributed by atoms with Crippen LogP contribution in [0.25, 0.3) is 5.52 Å². The van der Waals surface area contributed by atoms with E-state index in [-0.39, 0.29) is 0 Å². The molecule has 5 heteroatoms. The zero-order valence-corrected chi connectivity index (χ0v) is 8.21. The number of fused-ring (bicyclic) bond motifs is 1. The molecule has 0 unspecified atom stereocenters. The number of aromatic nitrogens is 4. The predicted molar refractivity (Wildman–Crippen MR) is 49.9 cm³/mol. The van der Waals surface area contributed by atoms with Gasteiger partial charge in [0.05, 0.1) is 5.69 Å². The van der Waals surface area contributed by atoms with Crippen molar-refractivity contribution < 1.29 is 0 Å². The molecule has 0 atom stereocenters. The van der Waals surface area contributed by atoms with Crippen LogP contribution in [0.15, 0.2) is 6.33 Å². The van der Waals surface area contributed by atoms with E-state index >= 15 is 0 Å². The number of hydrogen-bond acceptors (Lipinski definition) is 3. The molecule has 13 heavy (non-hydrogen) atoms. The van der Waals surface area contributed by atoms with Crippen LogP contribution in [-0.2, 0) is 6.42 Å². The molecule has 68 valence electrons. The molecule has 4 nitrogen and oxygen atoms in total. The lowest BCUT2D eigenvalue weighted by Crippen LogP contribution is -1.98. The fourth-order valence-electron chi connectivity index (χ4n) is 1.36. The van der Waals surface area contributed by atoms with Gasteiger partial charge in [-0.3, -0.25) is 0 Å². The first-order chi connectivity index (χ1) is 6.24. The lowest BCUT2D eigenvalue weighted by Gasteiger charge is -1.96. The molecule has 0 aliphatic carbocycles. The maximum Gasteiger partial charge on any atom is 0.158 e. The first-order valence-corrected chi connectivity index (χ1v) is 4.46. The summed E-state index contributed by atoms with van der Waals surface area (Å²) in [4.78, 5) is 8.25. The smallest absolute Gasteiger partial charge is 0.158 e. The number of halogens is 1. The van der Waals surface area contributed by atoms with Crippen molar-refractivity contribution in [3.63, 3.8) is 0 Å². The third-order valence-electron chi connectivity index (χ3n) is 1.95. The molecule has 0 saturated carbocycles. The Hall–Kier alpha value is -1.16. The minimum atomic E-state index is 0.458. The van der Waals surface area contributed by atoms with Gasteiger partial charge in [0, 0.05) is 6.42 Å². The molecule has 0 aliphatic rings. The molecule has 0 saturated heterocycles. The van der Waals surface area contributed by atoms with Gasteiger partial charge >= 0.3 is 0 Å². The molecule has 2 aromatic rings. The number of hydrogen-bond donors (Lipinski definition) is 0. The average Bonchev–Trinajstić information content (AvgIpc) is 2.44. The van der Waals surface area contributed by atoms with Crippen molar-refractivity contribution in [2.45, 2.75) is 20.3 Å². The normalized spacial score (nSPS) is 11.0. The summed E-state index contributed by atoms with van der Waals surface area (Å²) in [7, 11) is 0. The van der Waals surface area contributed by atoms with E-state index in [1.807, 2.05) is 13.8 Å². The van der Waals surface area contributed by atoms with E-state index in [0.29, 0.717) is 5.15 Å². The van der Waals surface area contributed by atoms with Gasteiger partial charge in [-0.25, -0.2) is 14.5 Å². The maximum absolute atomic E-state index is 5.92. The Balaban J connectivity index is 2.87. The largest absolute Gasteiger partial charge is 0.236 e. The van der Waals surface area contributed by atoms with Crippen molar-refractivity contribution in [3.05, 3.63) is 23.0 Å². The Morgan fingerprint density at radius 1 is 1.54 bits per heavy atom. The highest BCUT2D eigenvalue weighted by atomic mass is 35.5. The van der Waals surface area contributed by atoms with Crippen LogP contribution < -0.4 is 0 Å². The van der Waals surface area contributed by atoms with E-state index in [9.17, 15) is 0 Å². The summed E-state index contributed by atoms with van der Waals surface area (Å²) < 4.78 is 1.74. The number of aryl methyl sites for hydroxylation is 2. The first-order valence-electron chi connectivity index (χ1n) is 4.08. The summed E-state index contributed by atoms with van der Waals surface area (Å²) in [6.45, 7) is 3.94. The van der Waals surface area contributed by atoms with E-state index in [2.05, 4.69) is 15.1 Å². The summed E-state index contributed by atoms with van der Waals surface area (Å²) >= 11 is 5.92. The van der Waals surface area contributed by atoms with Crippen LogP contribution in [0.2, 0.25) is 5.15 Å². The van der Waals surface area contributed by atoms with E-state index in [4.69, 9.17) is 11.6 Å². The quantitative estimate of drug-likeness (QED) is 0.697. The maximum atomic E-state index is 5.92. The zero-order chi connectivity index (χ0) is 9.42. The molecular weight excluding hydrogens is 188 g/mol. The van der Waals surface area contributed by atoms with E-state index in [0.717, 1.165) is 23.5 Å². The Morgan fingerprint density at radius 2 is 2.31 bits per heavy atom. The van der Waals surface area contributed by atoms with E-state index < -0.39 is 0 Å². The molecule has 0 radical (unpaired) electrons. The molecule has 0 fully saturated rings. The van der Waals surface area contributed by atoms with Gasteiger partial charge in [-0.05, 0) is 6.92 Å². The van der Waals surface area contributed by atoms with Gasteiger partial charge in [0.15, 0.2) is 5.15 Å². The van der Waals surface area contributed by atoms with Gasteiger partial charge in [0.2, 0.25) is 0 Å². The SMILES string of the molecule is CCc1nc(C)c2c(Cl)ncnn12. The molecule has 0 N–H and O–H groups in total. The van der Waals surface area contributed by atoms with Gasteiger partial charge in [-0.1, -0.05) is 18.5 Å². The van der Waals surface area contributed by atoms with Crippen LogP contribution in [-0.4, -0.2) is 19.6 Å². The van der Waals surface area contributed by atoms with Crippen molar-refractivity contribution in [2.75, 3.05) is 0 Å². The fourth-order valence-corrected chi connectivity index (χ4v) is 1.62. The Labute approximate surface area is 80.6 Å². The summed E-state index contributed by atoms with van der Waals surface area (Å²) in [5.74, 6) is 0.914. The Morgan fingerprint density at radius 3 is 3.00 bits per heavy atom. The van der Waals surface area contributed by atoms with Crippen molar-refractivity contribution in [1.29, 1.82) is 0 Å². The van der Waals surface area contributed by atoms with Crippen molar-refractivity contribution >= 4 is 17.1 Å². The molecule has 2 rings (SSSR count). The minimum Gasteiger partial charge on any atom is -0.236 e. The number of imidazole rings is 1. The first kappa shape index (κ1) is 8.44. The second-order valence-corrected chi connectivity index (χ2v) is 3.14. The number of rotatable bonds is 1. The van der Waals surface area contributed by atoms with Gasteiger partial charge in [-0.15, -0.1) is 0 Å². The van der Waals surface area contributed by atoms with Crippen LogP contribution >= 0.6 is 11.6 Å². The van der Waals surface area contributed by atoms with Crippen LogP contribution in [0.5, 0.6) is 0 Å². The molecular formula is C8H9ClN4. The molecule has 0 aromatic carbocycles. The molecule has 2 aromatic heterocycles.